The van der Waals surface area contributed by atoms with E-state index < -0.39 is 0 Å². The minimum atomic E-state index is 0.378. The molecule has 0 aromatic heterocycles. The van der Waals surface area contributed by atoms with Gasteiger partial charge in [-0.25, -0.2) is 0 Å². The molecular formula is C9H15NO. The van der Waals surface area contributed by atoms with Gasteiger partial charge in [0.25, 0.3) is 0 Å². The second-order valence-corrected chi connectivity index (χ2v) is 3.39. The molecule has 1 saturated heterocycles. The predicted octanol–water partition coefficient (Wildman–Crippen LogP) is 1.73. The topological polar surface area (TPSA) is 12.5 Å². The molecule has 2 nitrogen and oxygen atoms in total. The van der Waals surface area contributed by atoms with Crippen LogP contribution in [0.2, 0.25) is 0 Å². The summed E-state index contributed by atoms with van der Waals surface area (Å²) in [7, 11) is 0. The van der Waals surface area contributed by atoms with Crippen molar-refractivity contribution in [3.8, 4) is 0 Å². The molecule has 0 N–H and O–H groups in total. The summed E-state index contributed by atoms with van der Waals surface area (Å²) in [6, 6.07) is 0. The van der Waals surface area contributed by atoms with E-state index in [2.05, 4.69) is 24.1 Å². The minimum absolute atomic E-state index is 0.378. The van der Waals surface area contributed by atoms with E-state index in [0.717, 1.165) is 6.54 Å². The summed E-state index contributed by atoms with van der Waals surface area (Å²) in [5, 5.41) is 0. The summed E-state index contributed by atoms with van der Waals surface area (Å²) in [5.41, 5.74) is 0. The van der Waals surface area contributed by atoms with E-state index in [4.69, 9.17) is 4.74 Å². The van der Waals surface area contributed by atoms with Crippen LogP contribution in [0.25, 0.3) is 0 Å². The van der Waals surface area contributed by atoms with Gasteiger partial charge >= 0.3 is 0 Å². The van der Waals surface area contributed by atoms with Crippen LogP contribution in [0.1, 0.15) is 26.2 Å². The van der Waals surface area contributed by atoms with Crippen LogP contribution in [0.4, 0.5) is 0 Å². The van der Waals surface area contributed by atoms with Gasteiger partial charge in [0.05, 0.1) is 6.10 Å². The average molecular weight is 153 g/mol. The Kier molecular flexibility index (Phi) is 1.86. The van der Waals surface area contributed by atoms with E-state index in [1.54, 1.807) is 0 Å². The SMILES string of the molecule is C[C@H]1CC[C@@H](N2C=CCC2)O1. The number of hydrogen-bond donors (Lipinski definition) is 0. The van der Waals surface area contributed by atoms with Crippen molar-refractivity contribution < 1.29 is 4.74 Å². The number of rotatable bonds is 1. The molecule has 0 unspecified atom stereocenters. The van der Waals surface area contributed by atoms with Gasteiger partial charge in [-0.15, -0.1) is 0 Å². The van der Waals surface area contributed by atoms with Crippen LogP contribution in [-0.4, -0.2) is 23.8 Å². The van der Waals surface area contributed by atoms with Crippen molar-refractivity contribution in [1.82, 2.24) is 4.90 Å². The smallest absolute Gasteiger partial charge is 0.130 e. The summed E-state index contributed by atoms with van der Waals surface area (Å²) in [5.74, 6) is 0. The molecule has 0 amide bonds. The molecule has 0 aliphatic carbocycles. The molecule has 2 heterocycles. The van der Waals surface area contributed by atoms with E-state index in [0.29, 0.717) is 12.3 Å². The molecular weight excluding hydrogens is 138 g/mol. The van der Waals surface area contributed by atoms with E-state index in [1.165, 1.54) is 19.3 Å². The fourth-order valence-corrected chi connectivity index (χ4v) is 1.77. The normalized spacial score (nSPS) is 37.0. The van der Waals surface area contributed by atoms with Crippen molar-refractivity contribution in [2.24, 2.45) is 0 Å². The van der Waals surface area contributed by atoms with E-state index in [9.17, 15) is 0 Å². The van der Waals surface area contributed by atoms with Crippen molar-refractivity contribution in [3.05, 3.63) is 12.3 Å². The van der Waals surface area contributed by atoms with Crippen LogP contribution < -0.4 is 0 Å². The van der Waals surface area contributed by atoms with Crippen LogP contribution in [0, 0.1) is 0 Å². The first-order chi connectivity index (χ1) is 5.36. The summed E-state index contributed by atoms with van der Waals surface area (Å²) in [6.45, 7) is 3.30. The number of nitrogens with zero attached hydrogens (tertiary/aromatic N) is 1. The Bertz CT molecular complexity index is 167. The van der Waals surface area contributed by atoms with Gasteiger partial charge < -0.3 is 9.64 Å². The van der Waals surface area contributed by atoms with Crippen molar-refractivity contribution in [2.45, 2.75) is 38.5 Å². The predicted molar refractivity (Wildman–Crippen MR) is 44.0 cm³/mol. The van der Waals surface area contributed by atoms with E-state index >= 15 is 0 Å². The number of ether oxygens (including phenoxy) is 1. The van der Waals surface area contributed by atoms with Crippen molar-refractivity contribution >= 4 is 0 Å². The van der Waals surface area contributed by atoms with Gasteiger partial charge in [0, 0.05) is 6.54 Å². The minimum Gasteiger partial charge on any atom is -0.355 e. The zero-order valence-electron chi connectivity index (χ0n) is 6.99. The van der Waals surface area contributed by atoms with Crippen LogP contribution in [0.3, 0.4) is 0 Å². The third-order valence-corrected chi connectivity index (χ3v) is 2.43. The molecule has 0 aromatic rings. The van der Waals surface area contributed by atoms with Crippen molar-refractivity contribution in [1.29, 1.82) is 0 Å². The third-order valence-electron chi connectivity index (χ3n) is 2.43. The van der Waals surface area contributed by atoms with Crippen LogP contribution >= 0.6 is 0 Å². The molecule has 62 valence electrons. The molecule has 11 heavy (non-hydrogen) atoms. The zero-order chi connectivity index (χ0) is 7.68. The summed E-state index contributed by atoms with van der Waals surface area (Å²) < 4.78 is 5.72. The summed E-state index contributed by atoms with van der Waals surface area (Å²) in [4.78, 5) is 2.31. The molecule has 0 bridgehead atoms. The van der Waals surface area contributed by atoms with E-state index in [-0.39, 0.29) is 0 Å². The molecule has 0 saturated carbocycles. The zero-order valence-corrected chi connectivity index (χ0v) is 6.99. The van der Waals surface area contributed by atoms with Crippen LogP contribution in [-0.2, 0) is 4.74 Å². The lowest BCUT2D eigenvalue weighted by Crippen LogP contribution is -2.28. The summed E-state index contributed by atoms with van der Waals surface area (Å²) >= 11 is 0. The maximum absolute atomic E-state index is 5.72. The van der Waals surface area contributed by atoms with Crippen molar-refractivity contribution in [3.63, 3.8) is 0 Å². The Morgan fingerprint density at radius 2 is 2.36 bits per heavy atom. The highest BCUT2D eigenvalue weighted by atomic mass is 16.5. The van der Waals surface area contributed by atoms with Gasteiger partial charge in [0.1, 0.15) is 6.23 Å². The lowest BCUT2D eigenvalue weighted by molar-refractivity contribution is -0.0223. The first-order valence-corrected chi connectivity index (χ1v) is 4.44. The quantitative estimate of drug-likeness (QED) is 0.569. The first kappa shape index (κ1) is 7.17. The second kappa shape index (κ2) is 2.86. The molecule has 0 spiro atoms. The summed E-state index contributed by atoms with van der Waals surface area (Å²) in [6.07, 6.45) is 8.84. The molecule has 2 heteroatoms. The van der Waals surface area contributed by atoms with E-state index in [1.807, 2.05) is 0 Å². The molecule has 0 radical (unpaired) electrons. The van der Waals surface area contributed by atoms with Gasteiger partial charge in [0.2, 0.25) is 0 Å². The fraction of sp³-hybridized carbons (Fsp3) is 0.778. The standard InChI is InChI=1S/C9H15NO/c1-8-4-5-9(11-8)10-6-2-3-7-10/h2,6,8-9H,3-5,7H2,1H3/t8-,9-/m0/s1. The largest absolute Gasteiger partial charge is 0.355 e. The Labute approximate surface area is 67.8 Å². The highest BCUT2D eigenvalue weighted by Gasteiger charge is 2.26. The monoisotopic (exact) mass is 153 g/mol. The molecule has 0 aromatic carbocycles. The fourth-order valence-electron chi connectivity index (χ4n) is 1.77. The average Bonchev–Trinajstić information content (AvgIpc) is 2.55. The second-order valence-electron chi connectivity index (χ2n) is 3.39. The Morgan fingerprint density at radius 3 is 2.91 bits per heavy atom. The maximum atomic E-state index is 5.72. The van der Waals surface area contributed by atoms with Crippen LogP contribution in [0.15, 0.2) is 12.3 Å². The molecule has 2 atom stereocenters. The van der Waals surface area contributed by atoms with Crippen molar-refractivity contribution in [2.75, 3.05) is 6.54 Å². The molecule has 2 rings (SSSR count). The van der Waals surface area contributed by atoms with Gasteiger partial charge in [-0.1, -0.05) is 6.08 Å². The van der Waals surface area contributed by atoms with Gasteiger partial charge in [0.15, 0.2) is 0 Å². The maximum Gasteiger partial charge on any atom is 0.130 e. The molecule has 2 aliphatic heterocycles. The Balaban J connectivity index is 1.90. The lowest BCUT2D eigenvalue weighted by Gasteiger charge is -2.23. The highest BCUT2D eigenvalue weighted by molar-refractivity contribution is 4.93. The Morgan fingerprint density at radius 1 is 1.45 bits per heavy atom. The third kappa shape index (κ3) is 1.41. The van der Waals surface area contributed by atoms with Gasteiger partial charge in [-0.2, -0.15) is 0 Å². The molecule has 2 aliphatic rings. The lowest BCUT2D eigenvalue weighted by atomic mass is 10.2. The molecule has 1 fully saturated rings. The Hall–Kier alpha value is -0.500. The first-order valence-electron chi connectivity index (χ1n) is 4.44. The van der Waals surface area contributed by atoms with Gasteiger partial charge in [-0.3, -0.25) is 0 Å². The van der Waals surface area contributed by atoms with Gasteiger partial charge in [-0.05, 0) is 32.4 Å². The number of hydrogen-bond acceptors (Lipinski definition) is 2. The highest BCUT2D eigenvalue weighted by Crippen LogP contribution is 2.24. The van der Waals surface area contributed by atoms with Crippen LogP contribution in [0.5, 0.6) is 0 Å².